The van der Waals surface area contributed by atoms with Gasteiger partial charge in [0.15, 0.2) is 5.75 Å². The maximum absolute atomic E-state index is 11.8. The minimum atomic E-state index is -0.665. The highest BCUT2D eigenvalue weighted by Crippen LogP contribution is 2.25. The Kier molecular flexibility index (Phi) is 5.70. The van der Waals surface area contributed by atoms with E-state index in [0.29, 0.717) is 12.0 Å². The van der Waals surface area contributed by atoms with Crippen molar-refractivity contribution in [2.45, 2.75) is 33.3 Å². The van der Waals surface area contributed by atoms with Gasteiger partial charge in [0.05, 0.1) is 12.3 Å². The smallest absolute Gasteiger partial charge is 0.409 e. The molecule has 2 heterocycles. The highest BCUT2D eigenvalue weighted by molar-refractivity contribution is 5.72. The lowest BCUT2D eigenvalue weighted by Crippen LogP contribution is -2.32. The van der Waals surface area contributed by atoms with Crippen LogP contribution >= 0.6 is 0 Å². The average molecular weight is 331 g/mol. The van der Waals surface area contributed by atoms with Crippen LogP contribution in [0.3, 0.4) is 0 Å². The molecule has 1 atom stereocenters. The SMILES string of the molecule is CCc1cc(-c2cncc(OC(=O)NCC(C)O)c2)c(C)[nH]c1=O. The van der Waals surface area contributed by atoms with E-state index >= 15 is 0 Å². The molecule has 0 aliphatic carbocycles. The zero-order valence-electron chi connectivity index (χ0n) is 13.9. The highest BCUT2D eigenvalue weighted by Gasteiger charge is 2.10. The van der Waals surface area contributed by atoms with Crippen molar-refractivity contribution in [2.75, 3.05) is 6.54 Å². The van der Waals surface area contributed by atoms with Crippen LogP contribution < -0.4 is 15.6 Å². The van der Waals surface area contributed by atoms with E-state index in [4.69, 9.17) is 9.84 Å². The number of aromatic nitrogens is 2. The first-order valence-electron chi connectivity index (χ1n) is 7.72. The topological polar surface area (TPSA) is 104 Å². The number of nitrogens with zero attached hydrogens (tertiary/aromatic N) is 1. The van der Waals surface area contributed by atoms with Crippen LogP contribution in [0.2, 0.25) is 0 Å². The average Bonchev–Trinajstić information content (AvgIpc) is 2.53. The zero-order valence-corrected chi connectivity index (χ0v) is 13.9. The van der Waals surface area contributed by atoms with Crippen molar-refractivity contribution in [3.05, 3.63) is 46.1 Å². The second-order valence-corrected chi connectivity index (χ2v) is 5.54. The van der Waals surface area contributed by atoms with Gasteiger partial charge in [-0.1, -0.05) is 6.92 Å². The molecule has 3 N–H and O–H groups in total. The largest absolute Gasteiger partial charge is 0.412 e. The number of rotatable bonds is 5. The molecule has 0 bridgehead atoms. The van der Waals surface area contributed by atoms with Crippen molar-refractivity contribution >= 4 is 6.09 Å². The molecule has 24 heavy (non-hydrogen) atoms. The van der Waals surface area contributed by atoms with Gasteiger partial charge in [-0.25, -0.2) is 4.79 Å². The van der Waals surface area contributed by atoms with E-state index in [1.807, 2.05) is 13.0 Å². The lowest BCUT2D eigenvalue weighted by atomic mass is 10.0. The van der Waals surface area contributed by atoms with Crippen LogP contribution in [0.25, 0.3) is 11.1 Å². The van der Waals surface area contributed by atoms with Gasteiger partial charge in [-0.3, -0.25) is 9.78 Å². The van der Waals surface area contributed by atoms with Gasteiger partial charge in [0.2, 0.25) is 0 Å². The molecule has 0 aliphatic rings. The molecule has 1 unspecified atom stereocenters. The minimum absolute atomic E-state index is 0.100. The highest BCUT2D eigenvalue weighted by atomic mass is 16.6. The summed E-state index contributed by atoms with van der Waals surface area (Å²) in [6.07, 6.45) is 2.36. The summed E-state index contributed by atoms with van der Waals surface area (Å²) < 4.78 is 5.15. The van der Waals surface area contributed by atoms with Crippen LogP contribution in [0.15, 0.2) is 29.3 Å². The number of amides is 1. The summed E-state index contributed by atoms with van der Waals surface area (Å²) in [7, 11) is 0. The number of aromatic amines is 1. The number of pyridine rings is 2. The number of nitrogens with one attached hydrogen (secondary N) is 2. The minimum Gasteiger partial charge on any atom is -0.409 e. The second-order valence-electron chi connectivity index (χ2n) is 5.54. The molecule has 128 valence electrons. The van der Waals surface area contributed by atoms with Crippen LogP contribution in [-0.4, -0.2) is 33.8 Å². The standard InChI is InChI=1S/C17H21N3O4/c1-4-12-6-15(11(3)20-16(12)22)13-5-14(9-18-8-13)24-17(23)19-7-10(2)21/h5-6,8-10,21H,4,7H2,1-3H3,(H,19,23)(H,20,22). The van der Waals surface area contributed by atoms with E-state index in [1.54, 1.807) is 26.1 Å². The maximum atomic E-state index is 11.8. The number of aryl methyl sites for hydroxylation is 2. The number of carbonyl (C=O) groups excluding carboxylic acids is 1. The fourth-order valence-electron chi connectivity index (χ4n) is 2.22. The van der Waals surface area contributed by atoms with Crippen LogP contribution in [0.5, 0.6) is 5.75 Å². The van der Waals surface area contributed by atoms with E-state index < -0.39 is 12.2 Å². The van der Waals surface area contributed by atoms with Crippen molar-refractivity contribution < 1.29 is 14.6 Å². The first-order valence-corrected chi connectivity index (χ1v) is 7.72. The predicted molar refractivity (Wildman–Crippen MR) is 90.1 cm³/mol. The lowest BCUT2D eigenvalue weighted by Gasteiger charge is -2.10. The Labute approximate surface area is 139 Å². The Morgan fingerprint density at radius 2 is 2.17 bits per heavy atom. The molecular weight excluding hydrogens is 310 g/mol. The van der Waals surface area contributed by atoms with Crippen LogP contribution in [0, 0.1) is 6.92 Å². The van der Waals surface area contributed by atoms with Crippen molar-refractivity contribution in [1.82, 2.24) is 15.3 Å². The summed E-state index contributed by atoms with van der Waals surface area (Å²) in [5.74, 6) is 0.277. The Hall–Kier alpha value is -2.67. The molecule has 2 aromatic rings. The molecule has 7 nitrogen and oxygen atoms in total. The lowest BCUT2D eigenvalue weighted by molar-refractivity contribution is 0.172. The normalized spacial score (nSPS) is 11.8. The predicted octanol–water partition coefficient (Wildman–Crippen LogP) is 1.78. The molecule has 0 aromatic carbocycles. The van der Waals surface area contributed by atoms with Crippen molar-refractivity contribution in [2.24, 2.45) is 0 Å². The van der Waals surface area contributed by atoms with E-state index in [1.165, 1.54) is 6.20 Å². The molecule has 0 fully saturated rings. The third-order valence-electron chi connectivity index (χ3n) is 3.47. The zero-order chi connectivity index (χ0) is 17.7. The van der Waals surface area contributed by atoms with Crippen LogP contribution in [0.1, 0.15) is 25.1 Å². The summed E-state index contributed by atoms with van der Waals surface area (Å²) in [5, 5.41) is 11.6. The Morgan fingerprint density at radius 1 is 1.42 bits per heavy atom. The van der Waals surface area contributed by atoms with Gasteiger partial charge in [-0.2, -0.15) is 0 Å². The number of H-pyrrole nitrogens is 1. The van der Waals surface area contributed by atoms with Gasteiger partial charge < -0.3 is 20.1 Å². The number of hydrogen-bond acceptors (Lipinski definition) is 5. The van der Waals surface area contributed by atoms with Gasteiger partial charge in [0, 0.05) is 35.1 Å². The molecule has 7 heteroatoms. The number of ether oxygens (including phenoxy) is 1. The van der Waals surface area contributed by atoms with Crippen molar-refractivity contribution in [1.29, 1.82) is 0 Å². The van der Waals surface area contributed by atoms with Crippen molar-refractivity contribution in [3.8, 4) is 16.9 Å². The number of hydrogen-bond donors (Lipinski definition) is 3. The van der Waals surface area contributed by atoms with E-state index in [9.17, 15) is 9.59 Å². The molecule has 0 saturated heterocycles. The Bertz CT molecular complexity index is 784. The third-order valence-corrected chi connectivity index (χ3v) is 3.47. The van der Waals surface area contributed by atoms with Gasteiger partial charge in [0.25, 0.3) is 5.56 Å². The maximum Gasteiger partial charge on any atom is 0.412 e. The van der Waals surface area contributed by atoms with E-state index in [-0.39, 0.29) is 17.9 Å². The summed E-state index contributed by atoms with van der Waals surface area (Å²) in [4.78, 5) is 30.4. The molecular formula is C17H21N3O4. The van der Waals surface area contributed by atoms with Crippen LogP contribution in [0.4, 0.5) is 4.79 Å². The second kappa shape index (κ2) is 7.74. The molecule has 0 spiro atoms. The molecule has 1 amide bonds. The molecule has 0 aliphatic heterocycles. The Morgan fingerprint density at radius 3 is 2.83 bits per heavy atom. The van der Waals surface area contributed by atoms with Gasteiger partial charge >= 0.3 is 6.09 Å². The molecule has 0 saturated carbocycles. The fraction of sp³-hybridized carbons (Fsp3) is 0.353. The number of aliphatic hydroxyl groups is 1. The van der Waals surface area contributed by atoms with Gasteiger partial charge in [-0.15, -0.1) is 0 Å². The monoisotopic (exact) mass is 331 g/mol. The number of aliphatic hydroxyl groups excluding tert-OH is 1. The fourth-order valence-corrected chi connectivity index (χ4v) is 2.22. The molecule has 0 radical (unpaired) electrons. The van der Waals surface area contributed by atoms with Gasteiger partial charge in [-0.05, 0) is 32.4 Å². The number of carbonyl (C=O) groups is 1. The summed E-state index contributed by atoms with van der Waals surface area (Å²) >= 11 is 0. The first-order chi connectivity index (χ1) is 11.4. The summed E-state index contributed by atoms with van der Waals surface area (Å²) in [5.41, 5.74) is 2.86. The van der Waals surface area contributed by atoms with Crippen molar-refractivity contribution in [3.63, 3.8) is 0 Å². The third kappa shape index (κ3) is 4.42. The summed E-state index contributed by atoms with van der Waals surface area (Å²) in [6, 6.07) is 3.50. The Balaban J connectivity index is 2.25. The van der Waals surface area contributed by atoms with Gasteiger partial charge in [0.1, 0.15) is 0 Å². The molecule has 2 rings (SSSR count). The quantitative estimate of drug-likeness (QED) is 0.774. The molecule has 2 aromatic heterocycles. The summed E-state index contributed by atoms with van der Waals surface area (Å²) in [6.45, 7) is 5.38. The first kappa shape index (κ1) is 17.7. The van der Waals surface area contributed by atoms with E-state index in [2.05, 4.69) is 15.3 Å². The van der Waals surface area contributed by atoms with Crippen LogP contribution in [-0.2, 0) is 6.42 Å². The van der Waals surface area contributed by atoms with E-state index in [0.717, 1.165) is 16.8 Å².